The van der Waals surface area contributed by atoms with Crippen molar-refractivity contribution >= 4 is 33.4 Å². The van der Waals surface area contributed by atoms with Crippen molar-refractivity contribution < 1.29 is 0 Å². The van der Waals surface area contributed by atoms with Crippen LogP contribution in [0.25, 0.3) is 44.3 Å². The molecule has 0 fully saturated rings. The number of fused-ring (bicyclic) bond motifs is 5. The average molecular weight is 694 g/mol. The minimum Gasteiger partial charge on any atom is -0.314 e. The summed E-state index contributed by atoms with van der Waals surface area (Å²) in [4.78, 5) is 2.52. The van der Waals surface area contributed by atoms with Gasteiger partial charge in [-0.2, -0.15) is 0 Å². The van der Waals surface area contributed by atoms with Crippen LogP contribution in [-0.2, 0) is 5.41 Å². The number of benzene rings is 7. The Hall–Kier alpha value is -6.18. The largest absolute Gasteiger partial charge is 0.314 e. The van der Waals surface area contributed by atoms with Crippen LogP contribution in [0.4, 0.5) is 11.4 Å². The van der Waals surface area contributed by atoms with Gasteiger partial charge in [0.1, 0.15) is 0 Å². The maximum atomic E-state index is 2.52. The van der Waals surface area contributed by atoms with Crippen LogP contribution in [0.2, 0.25) is 0 Å². The lowest BCUT2D eigenvalue weighted by atomic mass is 9.79. The molecule has 0 saturated carbocycles. The Morgan fingerprint density at radius 2 is 1.22 bits per heavy atom. The van der Waals surface area contributed by atoms with Crippen molar-refractivity contribution in [1.82, 2.24) is 0 Å². The van der Waals surface area contributed by atoms with Crippen molar-refractivity contribution in [2.45, 2.75) is 44.4 Å². The van der Waals surface area contributed by atoms with E-state index in [-0.39, 0.29) is 5.41 Å². The van der Waals surface area contributed by atoms with Crippen LogP contribution >= 0.6 is 0 Å². The molecule has 0 aliphatic heterocycles. The summed E-state index contributed by atoms with van der Waals surface area (Å²) in [5.74, 6) is 0.417. The first-order valence-electron chi connectivity index (χ1n) is 19.4. The predicted octanol–water partition coefficient (Wildman–Crippen LogP) is 12.4. The van der Waals surface area contributed by atoms with Crippen molar-refractivity contribution in [3.05, 3.63) is 215 Å². The van der Waals surface area contributed by atoms with Crippen molar-refractivity contribution in [2.24, 2.45) is 0 Å². The third-order valence-electron chi connectivity index (χ3n) is 12.1. The molecule has 0 saturated heterocycles. The van der Waals surface area contributed by atoms with Gasteiger partial charge in [-0.1, -0.05) is 166 Å². The molecule has 1 heteroatoms. The SMILES string of the molecule is CC1(C)c2ccccc2-c2c1cc1ccccc1c2C1=c2ccccc2=C(N(c2ccc(-c3ccccc3)cc2)c2ccc(C3C=CC=CC3)cc2)CC1. The highest BCUT2D eigenvalue weighted by Gasteiger charge is 2.38. The van der Waals surface area contributed by atoms with Crippen LogP contribution in [0.5, 0.6) is 0 Å². The van der Waals surface area contributed by atoms with Crippen LogP contribution in [0.3, 0.4) is 0 Å². The Morgan fingerprint density at radius 3 is 2.00 bits per heavy atom. The Balaban J connectivity index is 1.21. The molecular weight excluding hydrogens is 651 g/mol. The van der Waals surface area contributed by atoms with Crippen LogP contribution in [0, 0.1) is 0 Å². The summed E-state index contributed by atoms with van der Waals surface area (Å²) in [6.45, 7) is 4.80. The predicted molar refractivity (Wildman–Crippen MR) is 228 cm³/mol. The van der Waals surface area contributed by atoms with Gasteiger partial charge >= 0.3 is 0 Å². The molecule has 10 rings (SSSR count). The summed E-state index contributed by atoms with van der Waals surface area (Å²) < 4.78 is 0. The minimum absolute atomic E-state index is 0.0741. The maximum absolute atomic E-state index is 2.52. The summed E-state index contributed by atoms with van der Waals surface area (Å²) in [6, 6.07) is 58.9. The number of rotatable bonds is 6. The zero-order chi connectivity index (χ0) is 36.2. The van der Waals surface area contributed by atoms with Gasteiger partial charge in [0.15, 0.2) is 0 Å². The molecule has 0 bridgehead atoms. The van der Waals surface area contributed by atoms with Crippen LogP contribution < -0.4 is 15.3 Å². The lowest BCUT2D eigenvalue weighted by Crippen LogP contribution is -2.37. The van der Waals surface area contributed by atoms with E-state index >= 15 is 0 Å². The Bertz CT molecular complexity index is 2750. The van der Waals surface area contributed by atoms with Crippen molar-refractivity contribution in [3.63, 3.8) is 0 Å². The molecule has 0 N–H and O–H groups in total. The topological polar surface area (TPSA) is 3.24 Å². The normalized spacial score (nSPS) is 16.6. The van der Waals surface area contributed by atoms with E-state index in [1.807, 2.05) is 0 Å². The molecule has 0 amide bonds. The molecule has 1 nitrogen and oxygen atoms in total. The first-order chi connectivity index (χ1) is 26.6. The van der Waals surface area contributed by atoms with Crippen LogP contribution in [-0.4, -0.2) is 0 Å². The van der Waals surface area contributed by atoms with E-state index in [0.29, 0.717) is 5.92 Å². The van der Waals surface area contributed by atoms with Crippen molar-refractivity contribution in [3.8, 4) is 22.3 Å². The molecule has 0 heterocycles. The average Bonchev–Trinajstić information content (AvgIpc) is 3.46. The van der Waals surface area contributed by atoms with Crippen LogP contribution in [0.15, 0.2) is 182 Å². The first-order valence-corrected chi connectivity index (χ1v) is 19.4. The summed E-state index contributed by atoms with van der Waals surface area (Å²) in [6.07, 6.45) is 11.8. The lowest BCUT2D eigenvalue weighted by Gasteiger charge is -2.32. The monoisotopic (exact) mass is 693 g/mol. The molecule has 7 aromatic carbocycles. The Labute approximate surface area is 318 Å². The quantitative estimate of drug-likeness (QED) is 0.168. The van der Waals surface area contributed by atoms with E-state index in [4.69, 9.17) is 0 Å². The third-order valence-corrected chi connectivity index (χ3v) is 12.1. The summed E-state index contributed by atoms with van der Waals surface area (Å²) >= 11 is 0. The number of allylic oxidation sites excluding steroid dienone is 4. The van der Waals surface area contributed by atoms with E-state index in [2.05, 4.69) is 201 Å². The molecule has 260 valence electrons. The smallest absolute Gasteiger partial charge is 0.0459 e. The molecule has 0 radical (unpaired) electrons. The molecular formula is C53H43N. The highest BCUT2D eigenvalue weighted by atomic mass is 15.1. The molecule has 1 atom stereocenters. The fourth-order valence-corrected chi connectivity index (χ4v) is 9.42. The van der Waals surface area contributed by atoms with Gasteiger partial charge in [0.25, 0.3) is 0 Å². The first kappa shape index (κ1) is 32.5. The number of hydrogen-bond donors (Lipinski definition) is 0. The second kappa shape index (κ2) is 13.0. The van der Waals surface area contributed by atoms with Crippen molar-refractivity contribution in [1.29, 1.82) is 0 Å². The summed E-state index contributed by atoms with van der Waals surface area (Å²) in [5, 5.41) is 5.30. The Kier molecular flexibility index (Phi) is 7.84. The maximum Gasteiger partial charge on any atom is 0.0459 e. The standard InChI is InChI=1S/C53H43N/c1-53(2)48-24-14-13-23-47(48)52-49(53)35-40-19-9-10-20-43(40)51(52)46-33-34-50(45-22-12-11-21-44(45)46)54(41-29-25-38(26-30-41)36-15-5-3-6-16-36)42-31-27-39(28-32-42)37-17-7-4-8-18-37/h3-17,19-32,35,37H,18,33-34H2,1-2H3. The van der Waals surface area contributed by atoms with E-state index < -0.39 is 0 Å². The minimum atomic E-state index is -0.0741. The van der Waals surface area contributed by atoms with Gasteiger partial charge < -0.3 is 4.90 Å². The zero-order valence-corrected chi connectivity index (χ0v) is 31.0. The fourth-order valence-electron chi connectivity index (χ4n) is 9.42. The highest BCUT2D eigenvalue weighted by Crippen LogP contribution is 2.53. The van der Waals surface area contributed by atoms with Gasteiger partial charge in [-0.15, -0.1) is 0 Å². The van der Waals surface area contributed by atoms with Gasteiger partial charge in [0, 0.05) is 33.6 Å². The van der Waals surface area contributed by atoms with Gasteiger partial charge in [0.2, 0.25) is 0 Å². The van der Waals surface area contributed by atoms with Gasteiger partial charge in [-0.05, 0) is 116 Å². The second-order valence-corrected chi connectivity index (χ2v) is 15.5. The Morgan fingerprint density at radius 1 is 0.556 bits per heavy atom. The van der Waals surface area contributed by atoms with E-state index in [9.17, 15) is 0 Å². The lowest BCUT2D eigenvalue weighted by molar-refractivity contribution is 0.661. The molecule has 0 spiro atoms. The van der Waals surface area contributed by atoms with E-state index in [1.165, 1.54) is 88.4 Å². The molecule has 54 heavy (non-hydrogen) atoms. The molecule has 1 unspecified atom stereocenters. The molecule has 3 aliphatic rings. The number of anilines is 2. The van der Waals surface area contributed by atoms with E-state index in [0.717, 1.165) is 19.3 Å². The van der Waals surface area contributed by atoms with Crippen LogP contribution in [0.1, 0.15) is 61.3 Å². The fraction of sp³-hybridized carbons (Fsp3) is 0.132. The third kappa shape index (κ3) is 5.30. The van der Waals surface area contributed by atoms with Gasteiger partial charge in [0.05, 0.1) is 0 Å². The van der Waals surface area contributed by atoms with Gasteiger partial charge in [-0.3, -0.25) is 0 Å². The zero-order valence-electron chi connectivity index (χ0n) is 31.0. The van der Waals surface area contributed by atoms with Gasteiger partial charge in [-0.25, -0.2) is 0 Å². The molecule has 0 aromatic heterocycles. The molecule has 3 aliphatic carbocycles. The molecule has 7 aromatic rings. The summed E-state index contributed by atoms with van der Waals surface area (Å²) in [5.41, 5.74) is 15.9. The summed E-state index contributed by atoms with van der Waals surface area (Å²) in [7, 11) is 0. The van der Waals surface area contributed by atoms with E-state index in [1.54, 1.807) is 0 Å². The number of hydrogen-bond acceptors (Lipinski definition) is 1. The van der Waals surface area contributed by atoms with Crippen molar-refractivity contribution in [2.75, 3.05) is 4.90 Å². The second-order valence-electron chi connectivity index (χ2n) is 15.5. The highest BCUT2D eigenvalue weighted by molar-refractivity contribution is 6.05. The number of nitrogens with zero attached hydrogens (tertiary/aromatic N) is 1.